The third-order valence-corrected chi connectivity index (χ3v) is 4.47. The summed E-state index contributed by atoms with van der Waals surface area (Å²) in [4.78, 5) is 34.6. The minimum atomic E-state index is -0.0667. The van der Waals surface area contributed by atoms with Crippen LogP contribution in [0.25, 0.3) is 0 Å². The summed E-state index contributed by atoms with van der Waals surface area (Å²) in [6.45, 7) is 3.60. The number of carbonyl (C=O) groups excluding carboxylic acids is 1. The Bertz CT molecular complexity index is 753. The van der Waals surface area contributed by atoms with Gasteiger partial charge in [-0.2, -0.15) is 0 Å². The van der Waals surface area contributed by atoms with E-state index in [1.807, 2.05) is 12.3 Å². The zero-order valence-electron chi connectivity index (χ0n) is 12.5. The Balaban J connectivity index is 1.59. The van der Waals surface area contributed by atoms with Crippen LogP contribution in [0.3, 0.4) is 0 Å². The van der Waals surface area contributed by atoms with Crippen LogP contribution in [-0.4, -0.2) is 31.9 Å². The van der Waals surface area contributed by atoms with E-state index in [4.69, 9.17) is 0 Å². The van der Waals surface area contributed by atoms with Gasteiger partial charge in [-0.3, -0.25) is 19.1 Å². The highest BCUT2D eigenvalue weighted by molar-refractivity contribution is 7.13. The van der Waals surface area contributed by atoms with Gasteiger partial charge in [-0.1, -0.05) is 0 Å². The largest absolute Gasteiger partial charge is 0.302 e. The van der Waals surface area contributed by atoms with Crippen LogP contribution >= 0.6 is 11.3 Å². The highest BCUT2D eigenvalue weighted by atomic mass is 32.1. The molecule has 0 saturated carbocycles. The van der Waals surface area contributed by atoms with Crippen molar-refractivity contribution in [3.63, 3.8) is 0 Å². The Hall–Kier alpha value is -2.06. The van der Waals surface area contributed by atoms with E-state index in [-0.39, 0.29) is 11.5 Å². The average Bonchev–Trinajstić information content (AvgIpc) is 3.12. The summed E-state index contributed by atoms with van der Waals surface area (Å²) >= 11 is 1.39. The lowest BCUT2D eigenvalue weighted by Gasteiger charge is -2.13. The van der Waals surface area contributed by atoms with Gasteiger partial charge in [-0.25, -0.2) is 9.97 Å². The number of thiazole rings is 1. The second-order valence-corrected chi connectivity index (χ2v) is 6.19. The maximum Gasteiger partial charge on any atom is 0.258 e. The number of carbonyl (C=O) groups is 1. The molecule has 0 aromatic carbocycles. The first-order chi connectivity index (χ1) is 10.5. The molecule has 8 heteroatoms. The molecule has 1 aliphatic heterocycles. The van der Waals surface area contributed by atoms with Crippen molar-refractivity contribution < 1.29 is 4.79 Å². The lowest BCUT2D eigenvalue weighted by atomic mass is 10.2. The normalized spacial score (nSPS) is 14.1. The van der Waals surface area contributed by atoms with Gasteiger partial charge < -0.3 is 5.32 Å². The summed E-state index contributed by atoms with van der Waals surface area (Å²) in [5, 5.41) is 5.18. The van der Waals surface area contributed by atoms with E-state index in [0.717, 1.165) is 11.3 Å². The number of aryl methyl sites for hydroxylation is 1. The molecule has 0 bridgehead atoms. The van der Waals surface area contributed by atoms with Crippen molar-refractivity contribution in [3.8, 4) is 0 Å². The number of hydrogen-bond donors (Lipinski definition) is 1. The van der Waals surface area contributed by atoms with Crippen molar-refractivity contribution in [2.75, 3.05) is 11.9 Å². The second-order valence-electron chi connectivity index (χ2n) is 5.29. The second kappa shape index (κ2) is 5.98. The molecule has 0 spiro atoms. The molecular formula is C14H17N5O2S. The Morgan fingerprint density at radius 2 is 2.27 bits per heavy atom. The molecule has 0 atom stereocenters. The van der Waals surface area contributed by atoms with Gasteiger partial charge in [0.25, 0.3) is 5.56 Å². The monoisotopic (exact) mass is 319 g/mol. The number of fused-ring (bicyclic) bond motifs is 1. The number of hydrogen-bond acceptors (Lipinski definition) is 6. The molecule has 0 saturated heterocycles. The van der Waals surface area contributed by atoms with E-state index in [1.54, 1.807) is 17.8 Å². The molecule has 3 heterocycles. The van der Waals surface area contributed by atoms with E-state index < -0.39 is 0 Å². The molecule has 0 radical (unpaired) electrons. The van der Waals surface area contributed by atoms with Crippen molar-refractivity contribution in [2.24, 2.45) is 7.05 Å². The summed E-state index contributed by atoms with van der Waals surface area (Å²) in [6, 6.07) is 0. The molecule has 2 aromatic rings. The fourth-order valence-electron chi connectivity index (χ4n) is 2.48. The summed E-state index contributed by atoms with van der Waals surface area (Å²) in [5.41, 5.74) is 1.59. The molecule has 0 unspecified atom stereocenters. The summed E-state index contributed by atoms with van der Waals surface area (Å²) in [5.74, 6) is 0.648. The maximum absolute atomic E-state index is 12.2. The van der Waals surface area contributed by atoms with Crippen molar-refractivity contribution in [1.82, 2.24) is 19.4 Å². The molecule has 0 fully saturated rings. The van der Waals surface area contributed by atoms with Gasteiger partial charge in [0.2, 0.25) is 5.91 Å². The van der Waals surface area contributed by atoms with E-state index in [0.29, 0.717) is 37.0 Å². The molecule has 1 N–H and O–H groups in total. The highest BCUT2D eigenvalue weighted by Gasteiger charge is 2.24. The van der Waals surface area contributed by atoms with Crippen LogP contribution in [0.2, 0.25) is 0 Å². The minimum Gasteiger partial charge on any atom is -0.302 e. The Kier molecular flexibility index (Phi) is 4.04. The summed E-state index contributed by atoms with van der Waals surface area (Å²) < 4.78 is 1.57. The summed E-state index contributed by atoms with van der Waals surface area (Å²) in [6.07, 6.45) is 2.02. The smallest absolute Gasteiger partial charge is 0.258 e. The molecule has 7 nitrogen and oxygen atoms in total. The van der Waals surface area contributed by atoms with Crippen LogP contribution in [0.15, 0.2) is 16.4 Å². The van der Waals surface area contributed by atoms with E-state index in [2.05, 4.69) is 20.2 Å². The van der Waals surface area contributed by atoms with Crippen LogP contribution in [0.1, 0.15) is 23.5 Å². The first kappa shape index (κ1) is 14.9. The van der Waals surface area contributed by atoms with Crippen LogP contribution in [0.5, 0.6) is 0 Å². The topological polar surface area (TPSA) is 80.1 Å². The first-order valence-corrected chi connectivity index (χ1v) is 7.89. The number of anilines is 1. The molecule has 22 heavy (non-hydrogen) atoms. The minimum absolute atomic E-state index is 0.0113. The van der Waals surface area contributed by atoms with Gasteiger partial charge >= 0.3 is 0 Å². The van der Waals surface area contributed by atoms with Gasteiger partial charge in [0, 0.05) is 44.7 Å². The predicted molar refractivity (Wildman–Crippen MR) is 83.7 cm³/mol. The first-order valence-electron chi connectivity index (χ1n) is 7.01. The van der Waals surface area contributed by atoms with Crippen LogP contribution < -0.4 is 10.9 Å². The van der Waals surface area contributed by atoms with Crippen molar-refractivity contribution in [1.29, 1.82) is 0 Å². The lowest BCUT2D eigenvalue weighted by Crippen LogP contribution is -2.26. The van der Waals surface area contributed by atoms with E-state index >= 15 is 0 Å². The third kappa shape index (κ3) is 2.93. The van der Waals surface area contributed by atoms with Gasteiger partial charge in [0.1, 0.15) is 5.82 Å². The Morgan fingerprint density at radius 1 is 1.45 bits per heavy atom. The number of nitrogens with zero attached hydrogens (tertiary/aromatic N) is 4. The van der Waals surface area contributed by atoms with E-state index in [1.165, 1.54) is 11.3 Å². The fraction of sp³-hybridized carbons (Fsp3) is 0.429. The van der Waals surface area contributed by atoms with Crippen molar-refractivity contribution >= 4 is 22.4 Å². The third-order valence-electron chi connectivity index (χ3n) is 3.78. The van der Waals surface area contributed by atoms with Crippen LogP contribution in [-0.2, 0) is 24.9 Å². The number of rotatable bonds is 4. The van der Waals surface area contributed by atoms with Crippen molar-refractivity contribution in [2.45, 2.75) is 26.4 Å². The molecule has 1 aliphatic rings. The fourth-order valence-corrected chi connectivity index (χ4v) is 3.02. The maximum atomic E-state index is 12.2. The van der Waals surface area contributed by atoms with Gasteiger partial charge in [0.15, 0.2) is 5.13 Å². The Morgan fingerprint density at radius 3 is 3.00 bits per heavy atom. The zero-order valence-corrected chi connectivity index (χ0v) is 13.3. The molecule has 0 aliphatic carbocycles. The molecule has 1 amide bonds. The molecule has 3 rings (SSSR count). The summed E-state index contributed by atoms with van der Waals surface area (Å²) in [7, 11) is 1.73. The van der Waals surface area contributed by atoms with Gasteiger partial charge in [-0.15, -0.1) is 11.3 Å². The quantitative estimate of drug-likeness (QED) is 0.905. The highest BCUT2D eigenvalue weighted by Crippen LogP contribution is 2.18. The van der Waals surface area contributed by atoms with Crippen molar-refractivity contribution in [3.05, 3.63) is 39.0 Å². The van der Waals surface area contributed by atoms with E-state index in [9.17, 15) is 9.59 Å². The van der Waals surface area contributed by atoms with Crippen LogP contribution in [0, 0.1) is 6.92 Å². The zero-order chi connectivity index (χ0) is 15.7. The average molecular weight is 319 g/mol. The molecule has 2 aromatic heterocycles. The number of amides is 1. The standard InChI is InChI=1S/C14H17N5O2S/c1-9-16-11-8-19(7-10(11)13(21)18(9)2)5-3-12(20)17-14-15-4-6-22-14/h4,6H,3,5,7-8H2,1-2H3,(H,15,17,20). The number of aromatic nitrogens is 3. The predicted octanol–water partition coefficient (Wildman–Crippen LogP) is 0.890. The van der Waals surface area contributed by atoms with Crippen LogP contribution in [0.4, 0.5) is 5.13 Å². The molecular weight excluding hydrogens is 302 g/mol. The Labute approximate surface area is 131 Å². The van der Waals surface area contributed by atoms with Gasteiger partial charge in [-0.05, 0) is 6.92 Å². The van der Waals surface area contributed by atoms with Gasteiger partial charge in [0.05, 0.1) is 11.3 Å². The SMILES string of the molecule is Cc1nc2c(c(=O)n1C)CN(CCC(=O)Nc1nccs1)C2. The lowest BCUT2D eigenvalue weighted by molar-refractivity contribution is -0.116. The molecule has 116 valence electrons. The number of nitrogens with one attached hydrogen (secondary N) is 1.